The first-order valence-corrected chi connectivity index (χ1v) is 7.02. The summed E-state index contributed by atoms with van der Waals surface area (Å²) in [5.74, 6) is 1.53. The van der Waals surface area contributed by atoms with Crippen LogP contribution in [0, 0.1) is 11.8 Å². The van der Waals surface area contributed by atoms with Gasteiger partial charge in [-0.3, -0.25) is 4.79 Å². The van der Waals surface area contributed by atoms with Gasteiger partial charge < -0.3 is 10.2 Å². The quantitative estimate of drug-likeness (QED) is 0.758. The molecule has 0 aromatic heterocycles. The van der Waals surface area contributed by atoms with Gasteiger partial charge in [0.1, 0.15) is 0 Å². The molecule has 1 amide bonds. The van der Waals surface area contributed by atoms with E-state index in [4.69, 9.17) is 0 Å². The van der Waals surface area contributed by atoms with Crippen molar-refractivity contribution in [1.29, 1.82) is 0 Å². The molecule has 3 nitrogen and oxygen atoms in total. The van der Waals surface area contributed by atoms with Crippen LogP contribution >= 0.6 is 0 Å². The Morgan fingerprint density at radius 3 is 2.47 bits per heavy atom. The molecular formula is C14H26N2O. The number of nitrogens with zero attached hydrogens (tertiary/aromatic N) is 1. The van der Waals surface area contributed by atoms with Gasteiger partial charge in [0.15, 0.2) is 0 Å². The van der Waals surface area contributed by atoms with Crippen molar-refractivity contribution in [2.45, 2.75) is 52.0 Å². The summed E-state index contributed by atoms with van der Waals surface area (Å²) in [7, 11) is 0. The molecule has 98 valence electrons. The van der Waals surface area contributed by atoms with E-state index < -0.39 is 0 Å². The second-order valence-electron chi connectivity index (χ2n) is 6.53. The lowest BCUT2D eigenvalue weighted by molar-refractivity contribution is -0.138. The average molecular weight is 238 g/mol. The average Bonchev–Trinajstić information content (AvgIpc) is 2.28. The van der Waals surface area contributed by atoms with Gasteiger partial charge >= 0.3 is 0 Å². The van der Waals surface area contributed by atoms with Crippen LogP contribution in [0.4, 0.5) is 0 Å². The monoisotopic (exact) mass is 238 g/mol. The predicted molar refractivity (Wildman–Crippen MR) is 69.8 cm³/mol. The van der Waals surface area contributed by atoms with Crippen LogP contribution in [0.15, 0.2) is 0 Å². The maximum absolute atomic E-state index is 12.4. The summed E-state index contributed by atoms with van der Waals surface area (Å²) in [6.45, 7) is 9.33. The first-order valence-electron chi connectivity index (χ1n) is 7.02. The highest BCUT2D eigenvalue weighted by atomic mass is 16.2. The van der Waals surface area contributed by atoms with E-state index in [-0.39, 0.29) is 5.54 Å². The largest absolute Gasteiger partial charge is 0.339 e. The van der Waals surface area contributed by atoms with E-state index in [9.17, 15) is 4.79 Å². The van der Waals surface area contributed by atoms with Crippen molar-refractivity contribution < 1.29 is 4.79 Å². The lowest BCUT2D eigenvalue weighted by atomic mass is 9.82. The van der Waals surface area contributed by atoms with Crippen LogP contribution in [0.2, 0.25) is 0 Å². The fraction of sp³-hybridized carbons (Fsp3) is 0.929. The van der Waals surface area contributed by atoms with Crippen molar-refractivity contribution in [1.82, 2.24) is 10.2 Å². The zero-order valence-electron chi connectivity index (χ0n) is 11.5. The van der Waals surface area contributed by atoms with Crippen molar-refractivity contribution in [3.63, 3.8) is 0 Å². The van der Waals surface area contributed by atoms with Gasteiger partial charge in [-0.2, -0.15) is 0 Å². The smallest absolute Gasteiger partial charge is 0.225 e. The summed E-state index contributed by atoms with van der Waals surface area (Å²) in [4.78, 5) is 14.5. The van der Waals surface area contributed by atoms with Crippen LogP contribution in [-0.4, -0.2) is 36.0 Å². The first-order chi connectivity index (χ1) is 7.98. The highest BCUT2D eigenvalue weighted by Crippen LogP contribution is 2.30. The molecule has 2 aliphatic rings. The molecule has 17 heavy (non-hydrogen) atoms. The summed E-state index contributed by atoms with van der Waals surface area (Å²) in [6, 6.07) is 0. The summed E-state index contributed by atoms with van der Waals surface area (Å²) in [5, 5.41) is 3.46. The van der Waals surface area contributed by atoms with Crippen LogP contribution in [0.3, 0.4) is 0 Å². The number of amides is 1. The van der Waals surface area contributed by atoms with E-state index in [1.54, 1.807) is 0 Å². The van der Waals surface area contributed by atoms with Crippen molar-refractivity contribution in [2.24, 2.45) is 11.8 Å². The second-order valence-corrected chi connectivity index (χ2v) is 6.53. The van der Waals surface area contributed by atoms with Crippen LogP contribution in [0.1, 0.15) is 46.5 Å². The molecule has 1 N–H and O–H groups in total. The van der Waals surface area contributed by atoms with Gasteiger partial charge in [0.25, 0.3) is 0 Å². The molecule has 1 saturated carbocycles. The lowest BCUT2D eigenvalue weighted by Gasteiger charge is -2.41. The van der Waals surface area contributed by atoms with Crippen LogP contribution in [0.25, 0.3) is 0 Å². The third kappa shape index (κ3) is 3.21. The summed E-state index contributed by atoms with van der Waals surface area (Å²) in [5.41, 5.74) is 0.0792. The summed E-state index contributed by atoms with van der Waals surface area (Å²) in [6.07, 6.45) is 4.66. The van der Waals surface area contributed by atoms with Gasteiger partial charge in [-0.05, 0) is 45.4 Å². The number of rotatable bonds is 1. The molecule has 0 spiro atoms. The molecule has 0 aromatic carbocycles. The van der Waals surface area contributed by atoms with E-state index >= 15 is 0 Å². The van der Waals surface area contributed by atoms with Crippen molar-refractivity contribution in [3.8, 4) is 0 Å². The third-order valence-electron chi connectivity index (χ3n) is 4.25. The predicted octanol–water partition coefficient (Wildman–Crippen LogP) is 2.02. The minimum atomic E-state index is 0.0792. The number of hydrogen-bond donors (Lipinski definition) is 1. The molecule has 2 rings (SSSR count). The number of piperazine rings is 1. The van der Waals surface area contributed by atoms with Crippen molar-refractivity contribution in [2.75, 3.05) is 19.6 Å². The van der Waals surface area contributed by atoms with Gasteiger partial charge in [0, 0.05) is 31.1 Å². The number of carbonyl (C=O) groups is 1. The summed E-state index contributed by atoms with van der Waals surface area (Å²) < 4.78 is 0. The zero-order chi connectivity index (χ0) is 12.5. The van der Waals surface area contributed by atoms with Gasteiger partial charge in [0.05, 0.1) is 0 Å². The van der Waals surface area contributed by atoms with Crippen LogP contribution < -0.4 is 5.32 Å². The van der Waals surface area contributed by atoms with Crippen molar-refractivity contribution in [3.05, 3.63) is 0 Å². The maximum Gasteiger partial charge on any atom is 0.225 e. The van der Waals surface area contributed by atoms with E-state index in [0.717, 1.165) is 38.4 Å². The Kier molecular flexibility index (Phi) is 3.76. The normalized spacial score (nSPS) is 33.5. The highest BCUT2D eigenvalue weighted by molar-refractivity contribution is 5.79. The molecule has 0 bridgehead atoms. The molecule has 1 aliphatic heterocycles. The Morgan fingerprint density at radius 1 is 1.24 bits per heavy atom. The highest BCUT2D eigenvalue weighted by Gasteiger charge is 2.33. The molecule has 1 heterocycles. The Hall–Kier alpha value is -0.570. The van der Waals surface area contributed by atoms with Crippen molar-refractivity contribution >= 4 is 5.91 Å². The minimum absolute atomic E-state index is 0.0792. The molecule has 3 heteroatoms. The maximum atomic E-state index is 12.4. The third-order valence-corrected chi connectivity index (χ3v) is 4.25. The van der Waals surface area contributed by atoms with E-state index in [2.05, 4.69) is 31.0 Å². The lowest BCUT2D eigenvalue weighted by Crippen LogP contribution is -2.59. The van der Waals surface area contributed by atoms with E-state index in [1.807, 2.05) is 0 Å². The van der Waals surface area contributed by atoms with Crippen LogP contribution in [-0.2, 0) is 4.79 Å². The molecular weight excluding hydrogens is 212 g/mol. The molecule has 0 aromatic rings. The fourth-order valence-corrected chi connectivity index (χ4v) is 3.09. The molecule has 2 fully saturated rings. The van der Waals surface area contributed by atoms with Gasteiger partial charge in [-0.15, -0.1) is 0 Å². The van der Waals surface area contributed by atoms with E-state index in [1.165, 1.54) is 12.8 Å². The van der Waals surface area contributed by atoms with Crippen LogP contribution in [0.5, 0.6) is 0 Å². The Morgan fingerprint density at radius 2 is 1.88 bits per heavy atom. The topological polar surface area (TPSA) is 32.3 Å². The first kappa shape index (κ1) is 12.9. The number of hydrogen-bond acceptors (Lipinski definition) is 2. The molecule has 0 unspecified atom stereocenters. The fourth-order valence-electron chi connectivity index (χ4n) is 3.09. The van der Waals surface area contributed by atoms with E-state index in [0.29, 0.717) is 11.8 Å². The second kappa shape index (κ2) is 4.97. The van der Waals surface area contributed by atoms with Gasteiger partial charge in [0.2, 0.25) is 5.91 Å². The van der Waals surface area contributed by atoms with Gasteiger partial charge in [-0.1, -0.05) is 6.92 Å². The van der Waals surface area contributed by atoms with Gasteiger partial charge in [-0.25, -0.2) is 0 Å². The Bertz CT molecular complexity index is 280. The number of carbonyl (C=O) groups excluding carboxylic acids is 1. The zero-order valence-corrected chi connectivity index (χ0v) is 11.5. The molecule has 1 saturated heterocycles. The summed E-state index contributed by atoms with van der Waals surface area (Å²) >= 11 is 0. The molecule has 1 aliphatic carbocycles. The molecule has 0 radical (unpaired) electrons. The number of nitrogens with one attached hydrogen (secondary N) is 1. The standard InChI is InChI=1S/C14H26N2O/c1-11-4-6-12(7-5-11)13(17)16-9-8-15-14(2,3)10-16/h11-12,15H,4-10H2,1-3H3. The Balaban J connectivity index is 1.91. The Labute approximate surface area is 105 Å². The minimum Gasteiger partial charge on any atom is -0.339 e. The SMILES string of the molecule is CC1CCC(C(=O)N2CCNC(C)(C)C2)CC1. The molecule has 0 atom stereocenters.